The smallest absolute Gasteiger partial charge is 0.130 e. The molecule has 0 fully saturated rings. The van der Waals surface area contributed by atoms with Crippen LogP contribution in [-0.2, 0) is 9.47 Å². The van der Waals surface area contributed by atoms with Crippen LogP contribution >= 0.6 is 11.6 Å². The molecule has 5 nitrogen and oxygen atoms in total. The Morgan fingerprint density at radius 1 is 1.26 bits per heavy atom. The predicted octanol–water partition coefficient (Wildman–Crippen LogP) is 2.06. The number of hydrogen-bond donors (Lipinski definition) is 2. The molecule has 0 saturated heterocycles. The van der Waals surface area contributed by atoms with Crippen LogP contribution in [0, 0.1) is 5.41 Å². The fourth-order valence-corrected chi connectivity index (χ4v) is 1.60. The molecule has 0 atom stereocenters. The van der Waals surface area contributed by atoms with Gasteiger partial charge in [0.1, 0.15) is 11.6 Å². The van der Waals surface area contributed by atoms with Crippen molar-refractivity contribution < 1.29 is 14.2 Å². The third-order valence-electron chi connectivity index (χ3n) is 2.35. The van der Waals surface area contributed by atoms with E-state index in [9.17, 15) is 0 Å². The highest BCUT2D eigenvalue weighted by molar-refractivity contribution is 6.31. The molecule has 1 rings (SSSR count). The van der Waals surface area contributed by atoms with E-state index in [-0.39, 0.29) is 5.84 Å². The highest BCUT2D eigenvalue weighted by atomic mass is 35.5. The van der Waals surface area contributed by atoms with E-state index in [0.29, 0.717) is 42.8 Å². The van der Waals surface area contributed by atoms with Gasteiger partial charge in [0.15, 0.2) is 0 Å². The van der Waals surface area contributed by atoms with Gasteiger partial charge in [0.25, 0.3) is 0 Å². The minimum Gasteiger partial charge on any atom is -0.493 e. The number of ether oxygens (including phenoxy) is 3. The van der Waals surface area contributed by atoms with Crippen molar-refractivity contribution in [2.45, 2.75) is 6.42 Å². The fourth-order valence-electron chi connectivity index (χ4n) is 1.43. The van der Waals surface area contributed by atoms with E-state index in [2.05, 4.69) is 0 Å². The average Bonchev–Trinajstić information content (AvgIpc) is 2.39. The van der Waals surface area contributed by atoms with Gasteiger partial charge in [-0.05, 0) is 18.2 Å². The molecule has 0 amide bonds. The number of nitrogens with two attached hydrogens (primary N) is 1. The topological polar surface area (TPSA) is 77.6 Å². The maximum atomic E-state index is 7.47. The molecule has 106 valence electrons. The molecule has 0 spiro atoms. The van der Waals surface area contributed by atoms with Gasteiger partial charge in [-0.3, -0.25) is 5.41 Å². The highest BCUT2D eigenvalue weighted by Crippen LogP contribution is 2.22. The first-order valence-electron chi connectivity index (χ1n) is 5.98. The first kappa shape index (κ1) is 15.8. The van der Waals surface area contributed by atoms with Crippen molar-refractivity contribution in [3.8, 4) is 5.75 Å². The van der Waals surface area contributed by atoms with Crippen molar-refractivity contribution in [2.75, 3.05) is 33.5 Å². The summed E-state index contributed by atoms with van der Waals surface area (Å²) in [6.07, 6.45) is 0.754. The third-order valence-corrected chi connectivity index (χ3v) is 2.59. The molecular formula is C13H19ClN2O3. The summed E-state index contributed by atoms with van der Waals surface area (Å²) in [5, 5.41) is 7.99. The number of benzene rings is 1. The van der Waals surface area contributed by atoms with Crippen LogP contribution in [0.5, 0.6) is 5.75 Å². The molecule has 0 heterocycles. The Balaban J connectivity index is 2.35. The molecular weight excluding hydrogens is 268 g/mol. The Morgan fingerprint density at radius 2 is 2.05 bits per heavy atom. The number of halogens is 1. The molecule has 0 bridgehead atoms. The van der Waals surface area contributed by atoms with Crippen LogP contribution in [-0.4, -0.2) is 39.4 Å². The zero-order valence-corrected chi connectivity index (χ0v) is 11.7. The van der Waals surface area contributed by atoms with Gasteiger partial charge in [0.05, 0.1) is 25.4 Å². The Kier molecular flexibility index (Phi) is 7.25. The van der Waals surface area contributed by atoms with Crippen LogP contribution < -0.4 is 10.5 Å². The molecule has 0 unspecified atom stereocenters. The molecule has 19 heavy (non-hydrogen) atoms. The standard InChI is InChI=1S/C13H19ClN2O3/c1-17-7-8-18-5-2-6-19-12-4-3-10(14)9-11(12)13(15)16/h3-4,9H,2,5-8H2,1H3,(H3,15,16). The molecule has 1 aromatic carbocycles. The van der Waals surface area contributed by atoms with E-state index >= 15 is 0 Å². The van der Waals surface area contributed by atoms with Gasteiger partial charge in [-0.25, -0.2) is 0 Å². The van der Waals surface area contributed by atoms with E-state index in [4.69, 9.17) is 37.0 Å². The van der Waals surface area contributed by atoms with Gasteiger partial charge in [-0.15, -0.1) is 0 Å². The second-order valence-corrected chi connectivity index (χ2v) is 4.30. The van der Waals surface area contributed by atoms with E-state index in [1.54, 1.807) is 25.3 Å². The Labute approximate surface area is 118 Å². The summed E-state index contributed by atoms with van der Waals surface area (Å²) in [7, 11) is 1.64. The van der Waals surface area contributed by atoms with E-state index < -0.39 is 0 Å². The molecule has 0 aliphatic carbocycles. The number of amidine groups is 1. The molecule has 1 aromatic rings. The zero-order valence-electron chi connectivity index (χ0n) is 10.9. The van der Waals surface area contributed by atoms with Gasteiger partial charge < -0.3 is 19.9 Å². The van der Waals surface area contributed by atoms with Gasteiger partial charge in [-0.2, -0.15) is 0 Å². The lowest BCUT2D eigenvalue weighted by molar-refractivity contribution is 0.0644. The van der Waals surface area contributed by atoms with Crippen LogP contribution in [0.25, 0.3) is 0 Å². The summed E-state index contributed by atoms with van der Waals surface area (Å²) in [5.41, 5.74) is 5.98. The largest absolute Gasteiger partial charge is 0.493 e. The zero-order chi connectivity index (χ0) is 14.1. The summed E-state index contributed by atoms with van der Waals surface area (Å²) in [6, 6.07) is 5.04. The molecule has 0 radical (unpaired) electrons. The van der Waals surface area contributed by atoms with Crippen molar-refractivity contribution in [1.29, 1.82) is 5.41 Å². The van der Waals surface area contributed by atoms with Crippen LogP contribution in [0.1, 0.15) is 12.0 Å². The Bertz CT molecular complexity index is 413. The number of hydrogen-bond acceptors (Lipinski definition) is 4. The second kappa shape index (κ2) is 8.74. The van der Waals surface area contributed by atoms with E-state index in [0.717, 1.165) is 6.42 Å². The van der Waals surface area contributed by atoms with Crippen LogP contribution in [0.15, 0.2) is 18.2 Å². The fraction of sp³-hybridized carbons (Fsp3) is 0.462. The monoisotopic (exact) mass is 286 g/mol. The molecule has 6 heteroatoms. The lowest BCUT2D eigenvalue weighted by Gasteiger charge is -2.11. The van der Waals surface area contributed by atoms with Crippen LogP contribution in [0.3, 0.4) is 0 Å². The predicted molar refractivity (Wildman–Crippen MR) is 75.3 cm³/mol. The average molecular weight is 287 g/mol. The van der Waals surface area contributed by atoms with E-state index in [1.807, 2.05) is 0 Å². The molecule has 0 aliphatic rings. The summed E-state index contributed by atoms with van der Waals surface area (Å²) in [6.45, 7) is 2.27. The van der Waals surface area contributed by atoms with Crippen LogP contribution in [0.2, 0.25) is 5.02 Å². The first-order valence-corrected chi connectivity index (χ1v) is 6.36. The second-order valence-electron chi connectivity index (χ2n) is 3.86. The quantitative estimate of drug-likeness (QED) is 0.414. The minimum atomic E-state index is -0.0613. The number of methoxy groups -OCH3 is 1. The maximum absolute atomic E-state index is 7.47. The number of nitrogens with one attached hydrogen (secondary N) is 1. The van der Waals surface area contributed by atoms with Crippen molar-refractivity contribution in [3.63, 3.8) is 0 Å². The Hall–Kier alpha value is -1.30. The number of nitrogen functional groups attached to an aromatic ring is 1. The lowest BCUT2D eigenvalue weighted by atomic mass is 10.2. The Morgan fingerprint density at radius 3 is 2.74 bits per heavy atom. The summed E-state index contributed by atoms with van der Waals surface area (Å²) >= 11 is 5.85. The van der Waals surface area contributed by atoms with Gasteiger partial charge in [-0.1, -0.05) is 11.6 Å². The molecule has 0 aliphatic heterocycles. The normalized spacial score (nSPS) is 10.4. The summed E-state index contributed by atoms with van der Waals surface area (Å²) in [5.74, 6) is 0.502. The van der Waals surface area contributed by atoms with Crippen molar-refractivity contribution >= 4 is 17.4 Å². The van der Waals surface area contributed by atoms with Crippen molar-refractivity contribution in [2.24, 2.45) is 5.73 Å². The minimum absolute atomic E-state index is 0.0613. The molecule has 0 saturated carbocycles. The summed E-state index contributed by atoms with van der Waals surface area (Å²) < 4.78 is 15.7. The van der Waals surface area contributed by atoms with Crippen molar-refractivity contribution in [1.82, 2.24) is 0 Å². The third kappa shape index (κ3) is 5.92. The number of rotatable bonds is 9. The SMILES string of the molecule is COCCOCCCOc1ccc(Cl)cc1C(=N)N. The molecule has 0 aromatic heterocycles. The summed E-state index contributed by atoms with van der Waals surface area (Å²) in [4.78, 5) is 0. The van der Waals surface area contributed by atoms with Gasteiger partial charge in [0, 0.05) is 25.2 Å². The van der Waals surface area contributed by atoms with Crippen molar-refractivity contribution in [3.05, 3.63) is 28.8 Å². The molecule has 3 N–H and O–H groups in total. The van der Waals surface area contributed by atoms with Gasteiger partial charge >= 0.3 is 0 Å². The van der Waals surface area contributed by atoms with E-state index in [1.165, 1.54) is 0 Å². The lowest BCUT2D eigenvalue weighted by Crippen LogP contribution is -2.14. The van der Waals surface area contributed by atoms with Gasteiger partial charge in [0.2, 0.25) is 0 Å². The maximum Gasteiger partial charge on any atom is 0.130 e. The highest BCUT2D eigenvalue weighted by Gasteiger charge is 2.07. The first-order chi connectivity index (χ1) is 9.15. The van der Waals surface area contributed by atoms with Crippen LogP contribution in [0.4, 0.5) is 0 Å².